The molecule has 0 spiro atoms. The number of carboxylic acid groups (broad SMARTS) is 1. The topological polar surface area (TPSA) is 115 Å². The van der Waals surface area contributed by atoms with Crippen LogP contribution in [0.2, 0.25) is 0 Å². The zero-order valence-corrected chi connectivity index (χ0v) is 10.0. The number of amides is 1. The van der Waals surface area contributed by atoms with Crippen LogP contribution in [0.15, 0.2) is 0 Å². The fourth-order valence-corrected chi connectivity index (χ4v) is 1.96. The average Bonchev–Trinajstić information content (AvgIpc) is 2.59. The molecule has 0 aliphatic rings. The van der Waals surface area contributed by atoms with Crippen molar-refractivity contribution in [1.82, 2.24) is 4.37 Å². The van der Waals surface area contributed by atoms with Gasteiger partial charge in [-0.1, -0.05) is 0 Å². The largest absolute Gasteiger partial charge is 0.478 e. The van der Waals surface area contributed by atoms with Gasteiger partial charge in [-0.2, -0.15) is 4.37 Å². The van der Waals surface area contributed by atoms with Gasteiger partial charge in [-0.15, -0.1) is 0 Å². The van der Waals surface area contributed by atoms with Gasteiger partial charge in [0.15, 0.2) is 0 Å². The van der Waals surface area contributed by atoms with Gasteiger partial charge < -0.3 is 20.9 Å². The summed E-state index contributed by atoms with van der Waals surface area (Å²) in [4.78, 5) is 21.3. The van der Waals surface area contributed by atoms with E-state index in [2.05, 4.69) is 9.69 Å². The van der Waals surface area contributed by atoms with Crippen LogP contribution >= 0.6 is 11.5 Å². The third-order valence-electron chi connectivity index (χ3n) is 1.85. The van der Waals surface area contributed by atoms with Crippen molar-refractivity contribution >= 4 is 28.4 Å². The monoisotopic (exact) mass is 259 g/mol. The molecule has 1 amide bonds. The molecule has 1 aromatic rings. The molecule has 0 aliphatic carbocycles. The molecule has 0 radical (unpaired) electrons. The molecule has 0 saturated heterocycles. The average molecular weight is 259 g/mol. The SMILES string of the molecule is Cc1nsc(NCCOCC(N)=O)c1C(=O)O. The molecule has 8 heteroatoms. The van der Waals surface area contributed by atoms with Crippen LogP contribution in [0.5, 0.6) is 0 Å². The van der Waals surface area contributed by atoms with Gasteiger partial charge in [-0.05, 0) is 18.5 Å². The van der Waals surface area contributed by atoms with Crippen molar-refractivity contribution in [1.29, 1.82) is 0 Å². The number of aryl methyl sites for hydroxylation is 1. The molecule has 94 valence electrons. The van der Waals surface area contributed by atoms with Gasteiger partial charge in [0.2, 0.25) is 5.91 Å². The molecule has 4 N–H and O–H groups in total. The van der Waals surface area contributed by atoms with Gasteiger partial charge in [-0.25, -0.2) is 4.79 Å². The summed E-state index contributed by atoms with van der Waals surface area (Å²) < 4.78 is 8.87. The molecule has 0 unspecified atom stereocenters. The first-order chi connectivity index (χ1) is 8.02. The molecule has 7 nitrogen and oxygen atoms in total. The molecular weight excluding hydrogens is 246 g/mol. The van der Waals surface area contributed by atoms with Crippen LogP contribution in [0.25, 0.3) is 0 Å². The van der Waals surface area contributed by atoms with Crippen molar-refractivity contribution in [2.45, 2.75) is 6.92 Å². The van der Waals surface area contributed by atoms with Crippen molar-refractivity contribution in [3.05, 3.63) is 11.3 Å². The second-order valence-electron chi connectivity index (χ2n) is 3.22. The van der Waals surface area contributed by atoms with E-state index < -0.39 is 11.9 Å². The highest BCUT2D eigenvalue weighted by molar-refractivity contribution is 7.10. The molecule has 0 atom stereocenters. The van der Waals surface area contributed by atoms with E-state index in [1.165, 1.54) is 0 Å². The van der Waals surface area contributed by atoms with Crippen molar-refractivity contribution in [2.24, 2.45) is 5.73 Å². The van der Waals surface area contributed by atoms with E-state index in [1.54, 1.807) is 6.92 Å². The lowest BCUT2D eigenvalue weighted by molar-refractivity contribution is -0.122. The summed E-state index contributed by atoms with van der Waals surface area (Å²) in [6.07, 6.45) is 0. The van der Waals surface area contributed by atoms with E-state index in [-0.39, 0.29) is 18.8 Å². The second-order valence-corrected chi connectivity index (χ2v) is 4.00. The van der Waals surface area contributed by atoms with Crippen LogP contribution < -0.4 is 11.1 Å². The van der Waals surface area contributed by atoms with Crippen LogP contribution in [0.1, 0.15) is 16.1 Å². The number of hydrogen-bond donors (Lipinski definition) is 3. The number of carbonyl (C=O) groups is 2. The molecule has 0 aliphatic heterocycles. The summed E-state index contributed by atoms with van der Waals surface area (Å²) in [5.74, 6) is -1.55. The van der Waals surface area contributed by atoms with E-state index in [9.17, 15) is 9.59 Å². The van der Waals surface area contributed by atoms with Crippen molar-refractivity contribution < 1.29 is 19.4 Å². The van der Waals surface area contributed by atoms with Gasteiger partial charge in [0, 0.05) is 6.54 Å². The predicted molar refractivity (Wildman–Crippen MR) is 62.3 cm³/mol. The quantitative estimate of drug-likeness (QED) is 0.597. The number of hydrogen-bond acceptors (Lipinski definition) is 6. The number of nitrogens with two attached hydrogens (primary N) is 1. The van der Waals surface area contributed by atoms with Gasteiger partial charge >= 0.3 is 5.97 Å². The Hall–Kier alpha value is -1.67. The number of anilines is 1. The number of aromatic carboxylic acids is 1. The van der Waals surface area contributed by atoms with E-state index in [0.29, 0.717) is 17.2 Å². The highest BCUT2D eigenvalue weighted by Gasteiger charge is 2.16. The Morgan fingerprint density at radius 2 is 2.29 bits per heavy atom. The van der Waals surface area contributed by atoms with Gasteiger partial charge in [0.05, 0.1) is 12.3 Å². The second kappa shape index (κ2) is 6.16. The Kier molecular flexibility index (Phi) is 4.85. The smallest absolute Gasteiger partial charge is 0.340 e. The van der Waals surface area contributed by atoms with Crippen LogP contribution in [-0.2, 0) is 9.53 Å². The minimum Gasteiger partial charge on any atom is -0.478 e. The van der Waals surface area contributed by atoms with Gasteiger partial charge in [0.1, 0.15) is 17.2 Å². The first-order valence-electron chi connectivity index (χ1n) is 4.82. The normalized spacial score (nSPS) is 10.2. The van der Waals surface area contributed by atoms with Crippen molar-refractivity contribution in [3.63, 3.8) is 0 Å². The first-order valence-corrected chi connectivity index (χ1v) is 5.59. The van der Waals surface area contributed by atoms with Gasteiger partial charge in [-0.3, -0.25) is 4.79 Å². The predicted octanol–water partition coefficient (Wildman–Crippen LogP) is 0.0635. The summed E-state index contributed by atoms with van der Waals surface area (Å²) in [5.41, 5.74) is 5.53. The number of aromatic nitrogens is 1. The number of ether oxygens (including phenoxy) is 1. The molecule has 1 heterocycles. The summed E-state index contributed by atoms with van der Waals surface area (Å²) in [7, 11) is 0. The minimum absolute atomic E-state index is 0.144. The lowest BCUT2D eigenvalue weighted by Gasteiger charge is -2.04. The number of primary amides is 1. The summed E-state index contributed by atoms with van der Waals surface area (Å²) in [6, 6.07) is 0. The minimum atomic E-state index is -1.02. The van der Waals surface area contributed by atoms with E-state index in [4.69, 9.17) is 15.6 Å². The molecule has 1 rings (SSSR count). The molecule has 17 heavy (non-hydrogen) atoms. The number of nitrogens with one attached hydrogen (secondary N) is 1. The molecule has 0 fully saturated rings. The maximum atomic E-state index is 10.9. The number of rotatable bonds is 7. The number of nitrogens with zero attached hydrogens (tertiary/aromatic N) is 1. The first kappa shape index (κ1) is 13.4. The van der Waals surface area contributed by atoms with Crippen LogP contribution in [0, 0.1) is 6.92 Å². The summed E-state index contributed by atoms with van der Waals surface area (Å²) in [5, 5.41) is 12.3. The zero-order chi connectivity index (χ0) is 12.8. The molecule has 0 saturated carbocycles. The lowest BCUT2D eigenvalue weighted by atomic mass is 10.2. The molecule has 0 aromatic carbocycles. The number of carbonyl (C=O) groups excluding carboxylic acids is 1. The Morgan fingerprint density at radius 3 is 2.88 bits per heavy atom. The standard InChI is InChI=1S/C9H13N3O4S/c1-5-7(9(14)15)8(17-12-5)11-2-3-16-4-6(10)13/h11H,2-4H2,1H3,(H2,10,13)(H,14,15). The third kappa shape index (κ3) is 4.00. The van der Waals surface area contributed by atoms with E-state index in [1.807, 2.05) is 0 Å². The van der Waals surface area contributed by atoms with Crippen molar-refractivity contribution in [3.8, 4) is 0 Å². The number of carboxylic acids is 1. The fraction of sp³-hybridized carbons (Fsp3) is 0.444. The Bertz CT molecular complexity index is 418. The zero-order valence-electron chi connectivity index (χ0n) is 9.23. The van der Waals surface area contributed by atoms with E-state index in [0.717, 1.165) is 11.5 Å². The maximum absolute atomic E-state index is 10.9. The maximum Gasteiger partial charge on any atom is 0.340 e. The van der Waals surface area contributed by atoms with Crippen LogP contribution in [-0.4, -0.2) is 41.1 Å². The highest BCUT2D eigenvalue weighted by atomic mass is 32.1. The van der Waals surface area contributed by atoms with Crippen LogP contribution in [0.3, 0.4) is 0 Å². The van der Waals surface area contributed by atoms with Crippen LogP contribution in [0.4, 0.5) is 5.00 Å². The summed E-state index contributed by atoms with van der Waals surface area (Å²) in [6.45, 7) is 2.14. The summed E-state index contributed by atoms with van der Waals surface area (Å²) >= 11 is 1.08. The van der Waals surface area contributed by atoms with E-state index >= 15 is 0 Å². The molecular formula is C9H13N3O4S. The Morgan fingerprint density at radius 1 is 1.59 bits per heavy atom. The highest BCUT2D eigenvalue weighted by Crippen LogP contribution is 2.23. The molecule has 1 aromatic heterocycles. The lowest BCUT2D eigenvalue weighted by Crippen LogP contribution is -2.20. The Balaban J connectivity index is 2.42. The van der Waals surface area contributed by atoms with Gasteiger partial charge in [0.25, 0.3) is 0 Å². The van der Waals surface area contributed by atoms with Crippen molar-refractivity contribution in [2.75, 3.05) is 25.1 Å². The molecule has 0 bridgehead atoms. The fourth-order valence-electron chi connectivity index (χ4n) is 1.15. The third-order valence-corrected chi connectivity index (χ3v) is 2.75. The Labute approximate surface area is 102 Å².